The molecule has 116 valence electrons. The Morgan fingerprint density at radius 2 is 2.09 bits per heavy atom. The Morgan fingerprint density at radius 3 is 2.73 bits per heavy atom. The van der Waals surface area contributed by atoms with Gasteiger partial charge in [0, 0.05) is 18.4 Å². The summed E-state index contributed by atoms with van der Waals surface area (Å²) in [5.74, 6) is -1.19. The monoisotopic (exact) mass is 303 g/mol. The fourth-order valence-corrected chi connectivity index (χ4v) is 2.08. The molecule has 0 unspecified atom stereocenters. The zero-order valence-corrected chi connectivity index (χ0v) is 12.7. The predicted molar refractivity (Wildman–Crippen MR) is 80.8 cm³/mol. The van der Waals surface area contributed by atoms with E-state index in [1.54, 1.807) is 16.7 Å². The smallest absolute Gasteiger partial charge is 0.325 e. The molecular weight excluding hydrogens is 286 g/mol. The quantitative estimate of drug-likeness (QED) is 0.837. The Bertz CT molecular complexity index is 795. The van der Waals surface area contributed by atoms with Crippen molar-refractivity contribution in [2.75, 3.05) is 13.7 Å². The molecule has 0 saturated carbocycles. The molecule has 2 aromatic rings. The van der Waals surface area contributed by atoms with Crippen molar-refractivity contribution in [2.24, 2.45) is 0 Å². The third-order valence-electron chi connectivity index (χ3n) is 3.27. The molecule has 0 aromatic carbocycles. The van der Waals surface area contributed by atoms with E-state index < -0.39 is 17.3 Å². The Labute approximate surface area is 126 Å². The topological polar surface area (TPSA) is 90.3 Å². The highest BCUT2D eigenvalue weighted by Gasteiger charge is 2.16. The number of aryl methyl sites for hydroxylation is 2. The molecule has 7 nitrogen and oxygen atoms in total. The van der Waals surface area contributed by atoms with E-state index in [1.165, 1.54) is 13.3 Å². The second kappa shape index (κ2) is 6.38. The molecule has 0 aliphatic carbocycles. The van der Waals surface area contributed by atoms with Crippen LogP contribution in [0, 0.1) is 6.92 Å². The van der Waals surface area contributed by atoms with Gasteiger partial charge in [-0.1, -0.05) is 0 Å². The van der Waals surface area contributed by atoms with Gasteiger partial charge in [-0.25, -0.2) is 4.98 Å². The Balaban J connectivity index is 2.49. The second-order valence-electron chi connectivity index (χ2n) is 4.74. The lowest BCUT2D eigenvalue weighted by Crippen LogP contribution is -2.34. The van der Waals surface area contributed by atoms with Gasteiger partial charge in [0.05, 0.1) is 12.5 Å². The van der Waals surface area contributed by atoms with Crippen molar-refractivity contribution >= 4 is 22.9 Å². The summed E-state index contributed by atoms with van der Waals surface area (Å²) in [5.41, 5.74) is 0.896. The third-order valence-corrected chi connectivity index (χ3v) is 3.27. The van der Waals surface area contributed by atoms with Crippen LogP contribution < -0.4 is 10.7 Å². The highest BCUT2D eigenvalue weighted by molar-refractivity contribution is 5.98. The van der Waals surface area contributed by atoms with Gasteiger partial charge < -0.3 is 14.6 Å². The van der Waals surface area contributed by atoms with Crippen LogP contribution in [0.3, 0.4) is 0 Å². The number of esters is 1. The summed E-state index contributed by atoms with van der Waals surface area (Å²) >= 11 is 0. The molecular formula is C15H17N3O4. The van der Waals surface area contributed by atoms with Gasteiger partial charge in [0.1, 0.15) is 17.8 Å². The van der Waals surface area contributed by atoms with Gasteiger partial charge in [0.25, 0.3) is 5.91 Å². The summed E-state index contributed by atoms with van der Waals surface area (Å²) in [6.45, 7) is 4.00. The van der Waals surface area contributed by atoms with Gasteiger partial charge in [0.15, 0.2) is 0 Å². The molecule has 0 aliphatic rings. The number of amides is 1. The first kappa shape index (κ1) is 15.7. The summed E-state index contributed by atoms with van der Waals surface area (Å²) < 4.78 is 6.18. The van der Waals surface area contributed by atoms with E-state index in [0.717, 1.165) is 5.69 Å². The van der Waals surface area contributed by atoms with Gasteiger partial charge >= 0.3 is 5.97 Å². The van der Waals surface area contributed by atoms with Crippen LogP contribution in [0.4, 0.5) is 0 Å². The van der Waals surface area contributed by atoms with E-state index in [9.17, 15) is 14.4 Å². The number of pyridine rings is 2. The van der Waals surface area contributed by atoms with Gasteiger partial charge in [-0.05, 0) is 26.0 Å². The summed E-state index contributed by atoms with van der Waals surface area (Å²) in [5, 5.41) is 2.74. The van der Waals surface area contributed by atoms with Gasteiger partial charge in [0.2, 0.25) is 5.43 Å². The second-order valence-corrected chi connectivity index (χ2v) is 4.74. The van der Waals surface area contributed by atoms with E-state index in [0.29, 0.717) is 17.6 Å². The summed E-state index contributed by atoms with van der Waals surface area (Å²) in [4.78, 5) is 40.0. The summed E-state index contributed by atoms with van der Waals surface area (Å²) in [6, 6.07) is 3.38. The van der Waals surface area contributed by atoms with Crippen molar-refractivity contribution in [3.63, 3.8) is 0 Å². The van der Waals surface area contributed by atoms with Crippen LogP contribution in [0.15, 0.2) is 23.1 Å². The zero-order valence-electron chi connectivity index (χ0n) is 12.7. The third kappa shape index (κ3) is 2.98. The maximum atomic E-state index is 12.4. The first-order valence-corrected chi connectivity index (χ1v) is 6.83. The SMILES string of the molecule is CCn1cc(C(=O)NCC(=O)OC)c(=O)c2ccc(C)nc21. The van der Waals surface area contributed by atoms with Crippen molar-refractivity contribution in [3.8, 4) is 0 Å². The molecule has 0 bridgehead atoms. The minimum absolute atomic E-state index is 0.0242. The number of rotatable bonds is 4. The molecule has 0 fully saturated rings. The number of methoxy groups -OCH3 is 1. The lowest BCUT2D eigenvalue weighted by Gasteiger charge is -2.11. The Hall–Kier alpha value is -2.70. The number of carbonyl (C=O) groups excluding carboxylic acids is 2. The van der Waals surface area contributed by atoms with Crippen molar-refractivity contribution in [3.05, 3.63) is 39.8 Å². The van der Waals surface area contributed by atoms with Crippen LogP contribution in [0.1, 0.15) is 23.0 Å². The number of carbonyl (C=O) groups is 2. The molecule has 1 amide bonds. The number of fused-ring (bicyclic) bond motifs is 1. The number of nitrogens with one attached hydrogen (secondary N) is 1. The summed E-state index contributed by atoms with van der Waals surface area (Å²) in [6.07, 6.45) is 1.46. The van der Waals surface area contributed by atoms with E-state index in [4.69, 9.17) is 0 Å². The Kier molecular flexibility index (Phi) is 4.55. The molecule has 0 atom stereocenters. The van der Waals surface area contributed by atoms with Crippen LogP contribution >= 0.6 is 0 Å². The number of hydrogen-bond donors (Lipinski definition) is 1. The molecule has 0 radical (unpaired) electrons. The standard InChI is InChI=1S/C15H17N3O4/c1-4-18-8-11(15(21)16-7-12(19)22-3)13(20)10-6-5-9(2)17-14(10)18/h5-6,8H,4,7H2,1-3H3,(H,16,21). The fraction of sp³-hybridized carbons (Fsp3) is 0.333. The molecule has 2 heterocycles. The maximum Gasteiger partial charge on any atom is 0.325 e. The van der Waals surface area contributed by atoms with Gasteiger partial charge in [-0.2, -0.15) is 0 Å². The molecule has 1 N–H and O–H groups in total. The molecule has 0 spiro atoms. The maximum absolute atomic E-state index is 12.4. The first-order valence-electron chi connectivity index (χ1n) is 6.83. The molecule has 0 saturated heterocycles. The van der Waals surface area contributed by atoms with Crippen molar-refractivity contribution < 1.29 is 14.3 Å². The predicted octanol–water partition coefficient (Wildman–Crippen LogP) is 0.628. The molecule has 2 aromatic heterocycles. The largest absolute Gasteiger partial charge is 0.468 e. The van der Waals surface area contributed by atoms with Crippen molar-refractivity contribution in [1.82, 2.24) is 14.9 Å². The van der Waals surface area contributed by atoms with E-state index in [2.05, 4.69) is 15.0 Å². The normalized spacial score (nSPS) is 10.5. The Morgan fingerprint density at radius 1 is 1.36 bits per heavy atom. The highest BCUT2D eigenvalue weighted by Crippen LogP contribution is 2.10. The minimum Gasteiger partial charge on any atom is -0.468 e. The van der Waals surface area contributed by atoms with E-state index in [-0.39, 0.29) is 12.1 Å². The average molecular weight is 303 g/mol. The van der Waals surface area contributed by atoms with Crippen LogP contribution in [0.5, 0.6) is 0 Å². The van der Waals surface area contributed by atoms with Crippen molar-refractivity contribution in [1.29, 1.82) is 0 Å². The fourth-order valence-electron chi connectivity index (χ4n) is 2.08. The molecule has 2 rings (SSSR count). The molecule has 22 heavy (non-hydrogen) atoms. The number of nitrogens with zero attached hydrogens (tertiary/aromatic N) is 2. The molecule has 7 heteroatoms. The van der Waals surface area contributed by atoms with Crippen LogP contribution in [-0.2, 0) is 16.1 Å². The number of ether oxygens (including phenoxy) is 1. The van der Waals surface area contributed by atoms with Crippen molar-refractivity contribution in [2.45, 2.75) is 20.4 Å². The van der Waals surface area contributed by atoms with Gasteiger partial charge in [-0.3, -0.25) is 14.4 Å². The minimum atomic E-state index is -0.611. The van der Waals surface area contributed by atoms with Gasteiger partial charge in [-0.15, -0.1) is 0 Å². The number of aromatic nitrogens is 2. The molecule has 0 aliphatic heterocycles. The lowest BCUT2D eigenvalue weighted by atomic mass is 10.1. The highest BCUT2D eigenvalue weighted by atomic mass is 16.5. The van der Waals surface area contributed by atoms with Crippen LogP contribution in [0.25, 0.3) is 11.0 Å². The first-order chi connectivity index (χ1) is 10.5. The summed E-state index contributed by atoms with van der Waals surface area (Å²) in [7, 11) is 1.22. The zero-order chi connectivity index (χ0) is 16.3. The lowest BCUT2D eigenvalue weighted by molar-refractivity contribution is -0.139. The number of hydrogen-bond acceptors (Lipinski definition) is 5. The van der Waals surface area contributed by atoms with Crippen LogP contribution in [-0.4, -0.2) is 35.1 Å². The van der Waals surface area contributed by atoms with Crippen LogP contribution in [0.2, 0.25) is 0 Å². The van der Waals surface area contributed by atoms with E-state index >= 15 is 0 Å². The van der Waals surface area contributed by atoms with E-state index in [1.807, 2.05) is 13.8 Å². The average Bonchev–Trinajstić information content (AvgIpc) is 2.52.